The van der Waals surface area contributed by atoms with Gasteiger partial charge in [0.15, 0.2) is 6.04 Å². The number of nitrogens with zero attached hydrogens (tertiary/aromatic N) is 2. The Morgan fingerprint density at radius 1 is 1.19 bits per heavy atom. The fraction of sp³-hybridized carbons (Fsp3) is 0.167. The summed E-state index contributed by atoms with van der Waals surface area (Å²) in [5.41, 5.74) is 1.67. The van der Waals surface area contributed by atoms with Crippen molar-refractivity contribution in [1.29, 1.82) is 0 Å². The van der Waals surface area contributed by atoms with Crippen LogP contribution in [0.4, 0.5) is 0 Å². The van der Waals surface area contributed by atoms with E-state index in [-0.39, 0.29) is 6.61 Å². The molecule has 0 aliphatic carbocycles. The molecular weight excluding hydrogens is 402 g/mol. The van der Waals surface area contributed by atoms with E-state index in [0.717, 1.165) is 10.1 Å². The highest BCUT2D eigenvalue weighted by molar-refractivity contribution is 9.10. The molecule has 0 aliphatic rings. The second-order valence-corrected chi connectivity index (χ2v) is 6.44. The molecule has 3 aromatic rings. The van der Waals surface area contributed by atoms with Crippen LogP contribution in [0.15, 0.2) is 59.3 Å². The molecule has 0 saturated heterocycles. The van der Waals surface area contributed by atoms with E-state index >= 15 is 0 Å². The summed E-state index contributed by atoms with van der Waals surface area (Å²) in [4.78, 5) is 28.6. The zero-order valence-electron chi connectivity index (χ0n) is 13.6. The van der Waals surface area contributed by atoms with Crippen LogP contribution in [0.25, 0.3) is 5.65 Å². The fourth-order valence-electron chi connectivity index (χ4n) is 2.34. The van der Waals surface area contributed by atoms with Crippen LogP contribution in [-0.2, 0) is 16.1 Å². The molecule has 7 nitrogen and oxygen atoms in total. The zero-order valence-corrected chi connectivity index (χ0v) is 15.2. The quantitative estimate of drug-likeness (QED) is 0.597. The predicted octanol–water partition coefficient (Wildman–Crippen LogP) is 1.93. The van der Waals surface area contributed by atoms with Gasteiger partial charge >= 0.3 is 5.97 Å². The number of hydrogen-bond donors (Lipinski definition) is 2. The van der Waals surface area contributed by atoms with Crippen molar-refractivity contribution in [3.8, 4) is 0 Å². The number of ether oxygens (including phenoxy) is 1. The van der Waals surface area contributed by atoms with E-state index in [0.29, 0.717) is 11.3 Å². The maximum absolute atomic E-state index is 12.1. The first kappa shape index (κ1) is 18.1. The lowest BCUT2D eigenvalue weighted by Gasteiger charge is -2.15. The number of amides is 1. The first-order valence-corrected chi connectivity index (χ1v) is 8.62. The van der Waals surface area contributed by atoms with Crippen LogP contribution in [0.3, 0.4) is 0 Å². The highest BCUT2D eigenvalue weighted by Gasteiger charge is 2.22. The van der Waals surface area contributed by atoms with Gasteiger partial charge in [-0.25, -0.2) is 9.78 Å². The Kier molecular flexibility index (Phi) is 5.65. The molecule has 2 heterocycles. The Balaban J connectivity index is 1.60. The molecule has 1 unspecified atom stereocenters. The summed E-state index contributed by atoms with van der Waals surface area (Å²) in [6, 6.07) is 11.0. The monoisotopic (exact) mass is 417 g/mol. The normalized spacial score (nSPS) is 11.9. The van der Waals surface area contributed by atoms with Gasteiger partial charge in [0, 0.05) is 22.4 Å². The summed E-state index contributed by atoms with van der Waals surface area (Å²) < 4.78 is 7.87. The topological polar surface area (TPSA) is 92.9 Å². The van der Waals surface area contributed by atoms with Crippen molar-refractivity contribution in [2.75, 3.05) is 6.61 Å². The number of aliphatic hydroxyl groups is 1. The van der Waals surface area contributed by atoms with Crippen molar-refractivity contribution >= 4 is 33.5 Å². The van der Waals surface area contributed by atoms with Gasteiger partial charge in [-0.1, -0.05) is 18.2 Å². The molecule has 1 atom stereocenters. The highest BCUT2D eigenvalue weighted by Crippen LogP contribution is 2.13. The number of aliphatic hydroxyl groups excluding tert-OH is 1. The molecule has 0 radical (unpaired) electrons. The van der Waals surface area contributed by atoms with Crippen LogP contribution in [0.5, 0.6) is 0 Å². The lowest BCUT2D eigenvalue weighted by molar-refractivity contribution is -0.148. The van der Waals surface area contributed by atoms with Gasteiger partial charge in [0.05, 0.1) is 12.3 Å². The molecule has 2 aromatic heterocycles. The number of benzene rings is 1. The maximum atomic E-state index is 12.1. The van der Waals surface area contributed by atoms with Gasteiger partial charge in [-0.05, 0) is 40.2 Å². The average molecular weight is 418 g/mol. The molecule has 134 valence electrons. The number of hydrogen-bond acceptors (Lipinski definition) is 5. The second-order valence-electron chi connectivity index (χ2n) is 5.53. The number of carbonyl (C=O) groups is 2. The predicted molar refractivity (Wildman–Crippen MR) is 97.5 cm³/mol. The van der Waals surface area contributed by atoms with Crippen LogP contribution in [0, 0.1) is 0 Å². The van der Waals surface area contributed by atoms with Crippen LogP contribution >= 0.6 is 15.9 Å². The number of carbonyl (C=O) groups excluding carboxylic acids is 2. The molecule has 1 aromatic carbocycles. The third kappa shape index (κ3) is 4.27. The summed E-state index contributed by atoms with van der Waals surface area (Å²) in [6.45, 7) is -0.620. The van der Waals surface area contributed by atoms with Crippen molar-refractivity contribution in [2.45, 2.75) is 12.6 Å². The number of halogens is 1. The molecule has 1 amide bonds. The van der Waals surface area contributed by atoms with Crippen molar-refractivity contribution in [1.82, 2.24) is 14.7 Å². The first-order chi connectivity index (χ1) is 12.6. The number of imidazole rings is 1. The Morgan fingerprint density at radius 3 is 2.69 bits per heavy atom. The molecule has 0 bridgehead atoms. The second kappa shape index (κ2) is 8.11. The van der Waals surface area contributed by atoms with Crippen molar-refractivity contribution in [2.24, 2.45) is 0 Å². The largest absolute Gasteiger partial charge is 0.458 e. The minimum absolute atomic E-state index is 0.0597. The van der Waals surface area contributed by atoms with Gasteiger partial charge in [-0.3, -0.25) is 4.79 Å². The number of esters is 1. The molecule has 3 rings (SSSR count). The van der Waals surface area contributed by atoms with Crippen LogP contribution in [0.2, 0.25) is 0 Å². The van der Waals surface area contributed by atoms with E-state index in [9.17, 15) is 14.7 Å². The standard InChI is InChI=1S/C18H16BrN3O4/c19-13-6-7-16-20-14(9-22(16)8-13)11-26-18(25)15(10-23)21-17(24)12-4-2-1-3-5-12/h1-9,15,23H,10-11H2,(H,21,24). The van der Waals surface area contributed by atoms with E-state index in [2.05, 4.69) is 26.2 Å². The number of nitrogens with one attached hydrogen (secondary N) is 1. The van der Waals surface area contributed by atoms with Gasteiger partial charge < -0.3 is 19.6 Å². The SMILES string of the molecule is O=C(NC(CO)C(=O)OCc1cn2cc(Br)ccc2n1)c1ccccc1. The van der Waals surface area contributed by atoms with Crippen molar-refractivity contribution in [3.63, 3.8) is 0 Å². The lowest BCUT2D eigenvalue weighted by atomic mass is 10.2. The smallest absolute Gasteiger partial charge is 0.331 e. The third-order valence-electron chi connectivity index (χ3n) is 3.64. The summed E-state index contributed by atoms with van der Waals surface area (Å²) in [5.74, 6) is -1.19. The van der Waals surface area contributed by atoms with E-state index < -0.39 is 24.5 Å². The number of fused-ring (bicyclic) bond motifs is 1. The summed E-state index contributed by atoms with van der Waals surface area (Å²) in [5, 5.41) is 11.9. The highest BCUT2D eigenvalue weighted by atomic mass is 79.9. The fourth-order valence-corrected chi connectivity index (χ4v) is 2.70. The lowest BCUT2D eigenvalue weighted by Crippen LogP contribution is -2.44. The van der Waals surface area contributed by atoms with E-state index in [1.54, 1.807) is 40.9 Å². The van der Waals surface area contributed by atoms with E-state index in [1.165, 1.54) is 0 Å². The summed E-state index contributed by atoms with van der Waals surface area (Å²) in [7, 11) is 0. The van der Waals surface area contributed by atoms with Gasteiger partial charge in [-0.2, -0.15) is 0 Å². The van der Waals surface area contributed by atoms with E-state index in [1.807, 2.05) is 18.3 Å². The third-order valence-corrected chi connectivity index (χ3v) is 4.10. The molecular formula is C18H16BrN3O4. The van der Waals surface area contributed by atoms with Crippen molar-refractivity contribution < 1.29 is 19.4 Å². The molecule has 0 aliphatic heterocycles. The summed E-state index contributed by atoms with van der Waals surface area (Å²) >= 11 is 3.37. The van der Waals surface area contributed by atoms with Crippen LogP contribution in [-0.4, -0.2) is 39.0 Å². The Bertz CT molecular complexity index is 927. The Labute approximate surface area is 157 Å². The minimum Gasteiger partial charge on any atom is -0.458 e. The van der Waals surface area contributed by atoms with Crippen molar-refractivity contribution in [3.05, 3.63) is 70.6 Å². The Hall–Kier alpha value is -2.71. The number of pyridine rings is 1. The average Bonchev–Trinajstić information content (AvgIpc) is 3.06. The zero-order chi connectivity index (χ0) is 18.5. The molecule has 0 saturated carbocycles. The maximum Gasteiger partial charge on any atom is 0.331 e. The molecule has 8 heteroatoms. The number of aromatic nitrogens is 2. The van der Waals surface area contributed by atoms with Gasteiger partial charge in [0.25, 0.3) is 5.91 Å². The van der Waals surface area contributed by atoms with Crippen LogP contribution < -0.4 is 5.32 Å². The summed E-state index contributed by atoms with van der Waals surface area (Å²) in [6.07, 6.45) is 3.58. The Morgan fingerprint density at radius 2 is 1.96 bits per heavy atom. The first-order valence-electron chi connectivity index (χ1n) is 7.83. The van der Waals surface area contributed by atoms with E-state index in [4.69, 9.17) is 4.74 Å². The van der Waals surface area contributed by atoms with Gasteiger partial charge in [0.1, 0.15) is 12.3 Å². The number of rotatable bonds is 6. The van der Waals surface area contributed by atoms with Gasteiger partial charge in [0.2, 0.25) is 0 Å². The minimum atomic E-state index is -1.14. The molecule has 2 N–H and O–H groups in total. The van der Waals surface area contributed by atoms with Gasteiger partial charge in [-0.15, -0.1) is 0 Å². The molecule has 26 heavy (non-hydrogen) atoms. The molecule has 0 spiro atoms. The van der Waals surface area contributed by atoms with Crippen LogP contribution in [0.1, 0.15) is 16.1 Å². The molecule has 0 fully saturated rings.